The molecule has 2 aromatic carbocycles. The van der Waals surface area contributed by atoms with Gasteiger partial charge in [-0.3, -0.25) is 28.9 Å². The highest BCUT2D eigenvalue weighted by atomic mass is 79.9. The first-order valence-electron chi connectivity index (χ1n) is 16.2. The molecule has 4 unspecified atom stereocenters. The number of allylic oxidation sites excluding steroid dienone is 4. The Balaban J connectivity index is 1.25. The number of rotatable bonds is 12. The molecule has 1 saturated heterocycles. The Labute approximate surface area is 278 Å². The van der Waals surface area contributed by atoms with Gasteiger partial charge in [-0.25, -0.2) is 0 Å². The summed E-state index contributed by atoms with van der Waals surface area (Å²) < 4.78 is 0. The number of nitrogens with zero attached hydrogens (tertiary/aromatic N) is 2. The summed E-state index contributed by atoms with van der Waals surface area (Å²) in [6.07, 6.45) is 12.0. The summed E-state index contributed by atoms with van der Waals surface area (Å²) in [7, 11) is 0. The summed E-state index contributed by atoms with van der Waals surface area (Å²) in [5.41, 5.74) is 1.57. The molecule has 10 heteroatoms. The van der Waals surface area contributed by atoms with Crippen LogP contribution in [0.3, 0.4) is 0 Å². The van der Waals surface area contributed by atoms with Gasteiger partial charge in [0.25, 0.3) is 11.8 Å². The first-order chi connectivity index (χ1) is 22.3. The molecule has 9 nitrogen and oxygen atoms in total. The molecule has 0 saturated carbocycles. The second kappa shape index (κ2) is 15.5. The van der Waals surface area contributed by atoms with Crippen LogP contribution in [0.2, 0.25) is 0 Å². The third-order valence-corrected chi connectivity index (χ3v) is 9.95. The van der Waals surface area contributed by atoms with Gasteiger partial charge in [0.15, 0.2) is 0 Å². The van der Waals surface area contributed by atoms with Crippen LogP contribution in [0.15, 0.2) is 78.9 Å². The van der Waals surface area contributed by atoms with Crippen LogP contribution < -0.4 is 10.6 Å². The molecule has 1 aliphatic carbocycles. The van der Waals surface area contributed by atoms with Crippen molar-refractivity contribution in [3.05, 3.63) is 95.6 Å². The van der Waals surface area contributed by atoms with Crippen molar-refractivity contribution in [1.82, 2.24) is 20.4 Å². The van der Waals surface area contributed by atoms with Gasteiger partial charge in [-0.15, -0.1) is 0 Å². The lowest BCUT2D eigenvalue weighted by atomic mass is 9.81. The number of carbonyl (C=O) groups is 5. The summed E-state index contributed by atoms with van der Waals surface area (Å²) in [5, 5.41) is 5.92. The zero-order valence-corrected chi connectivity index (χ0v) is 27.7. The molecule has 0 bridgehead atoms. The molecule has 242 valence electrons. The first kappa shape index (κ1) is 33.3. The van der Waals surface area contributed by atoms with Gasteiger partial charge < -0.3 is 15.5 Å². The van der Waals surface area contributed by atoms with E-state index in [1.807, 2.05) is 49.4 Å². The Kier molecular flexibility index (Phi) is 11.2. The zero-order chi connectivity index (χ0) is 32.6. The molecular formula is C36H41BrN4O5. The van der Waals surface area contributed by atoms with E-state index in [0.29, 0.717) is 56.3 Å². The summed E-state index contributed by atoms with van der Waals surface area (Å²) in [6, 6.07) is 14.5. The molecule has 2 heterocycles. The third kappa shape index (κ3) is 7.49. The Hall–Kier alpha value is -4.05. The number of hydrogen-bond donors (Lipinski definition) is 2. The lowest BCUT2D eigenvalue weighted by Crippen LogP contribution is -2.52. The van der Waals surface area contributed by atoms with E-state index in [1.165, 1.54) is 4.90 Å². The van der Waals surface area contributed by atoms with E-state index in [1.54, 1.807) is 29.2 Å². The molecule has 3 aliphatic rings. The minimum atomic E-state index is -0.810. The fourth-order valence-corrected chi connectivity index (χ4v) is 7.12. The van der Waals surface area contributed by atoms with Crippen molar-refractivity contribution in [2.24, 2.45) is 11.8 Å². The molecule has 0 aromatic heterocycles. The summed E-state index contributed by atoms with van der Waals surface area (Å²) in [5.74, 6) is -1.01. The van der Waals surface area contributed by atoms with E-state index in [2.05, 4.69) is 38.7 Å². The molecule has 5 amide bonds. The van der Waals surface area contributed by atoms with Gasteiger partial charge in [-0.2, -0.15) is 0 Å². The normalized spacial score (nSPS) is 22.3. The highest BCUT2D eigenvalue weighted by Crippen LogP contribution is 2.34. The van der Waals surface area contributed by atoms with Crippen molar-refractivity contribution in [3.63, 3.8) is 0 Å². The van der Waals surface area contributed by atoms with E-state index in [0.717, 1.165) is 12.0 Å². The minimum absolute atomic E-state index is 0.138. The number of carbonyl (C=O) groups excluding carboxylic acids is 5. The maximum atomic E-state index is 14.2. The van der Waals surface area contributed by atoms with Crippen LogP contribution in [-0.2, 0) is 14.4 Å². The topological polar surface area (TPSA) is 116 Å². The molecule has 0 radical (unpaired) electrons. The van der Waals surface area contributed by atoms with Gasteiger partial charge in [0, 0.05) is 19.6 Å². The number of benzene rings is 2. The van der Waals surface area contributed by atoms with Crippen molar-refractivity contribution in [3.8, 4) is 0 Å². The van der Waals surface area contributed by atoms with Gasteiger partial charge in [-0.1, -0.05) is 89.1 Å². The van der Waals surface area contributed by atoms with Crippen LogP contribution in [0.1, 0.15) is 77.8 Å². The Bertz CT molecular complexity index is 1470. The number of hydrogen-bond acceptors (Lipinski definition) is 5. The van der Waals surface area contributed by atoms with Gasteiger partial charge >= 0.3 is 0 Å². The molecule has 46 heavy (non-hydrogen) atoms. The van der Waals surface area contributed by atoms with Crippen molar-refractivity contribution >= 4 is 45.5 Å². The van der Waals surface area contributed by atoms with Crippen molar-refractivity contribution in [2.45, 2.75) is 62.4 Å². The third-order valence-electron chi connectivity index (χ3n) is 9.07. The number of likely N-dealkylation sites (tertiary alicyclic amines) is 1. The fraction of sp³-hybridized carbons (Fsp3) is 0.417. The highest BCUT2D eigenvalue weighted by Gasteiger charge is 2.41. The minimum Gasteiger partial charge on any atom is -0.354 e. The van der Waals surface area contributed by atoms with E-state index in [4.69, 9.17) is 0 Å². The summed E-state index contributed by atoms with van der Waals surface area (Å²) in [4.78, 5) is 68.8. The largest absolute Gasteiger partial charge is 0.354 e. The summed E-state index contributed by atoms with van der Waals surface area (Å²) >= 11 is 3.52. The average molecular weight is 690 g/mol. The quantitative estimate of drug-likeness (QED) is 0.186. The predicted octanol–water partition coefficient (Wildman–Crippen LogP) is 4.95. The van der Waals surface area contributed by atoms with Crippen LogP contribution in [-0.4, -0.2) is 69.8 Å². The molecule has 5 rings (SSSR count). The van der Waals surface area contributed by atoms with Crippen LogP contribution in [0.25, 0.3) is 0 Å². The molecule has 2 aliphatic heterocycles. The van der Waals surface area contributed by atoms with Crippen LogP contribution in [0, 0.1) is 11.8 Å². The Morgan fingerprint density at radius 3 is 2.28 bits per heavy atom. The SMILES string of the molecule is CCNC(=O)C(c1ccccc1)N1CC[C@H](C2C=CC=CC2)CC(NC(=O)C(Br)CCCCN2C(=O)c3ccccc3C2=O)C1=O. The standard InChI is InChI=1S/C36H41BrN4O5/c1-2-38-33(43)31(25-15-7-4-8-16-25)40-22-20-26(24-13-5-3-6-14-24)23-30(36(40)46)39-32(42)29(37)19-11-12-21-41-34(44)27-17-9-10-18-28(27)35(41)45/h3-10,13,15-18,24,26,29-31H,2,11-12,14,19-23H2,1H3,(H,38,43)(H,39,42)/t24?,26-,29?,30?,31?/m0/s1. The fourth-order valence-electron chi connectivity index (χ4n) is 6.66. The van der Waals surface area contributed by atoms with Gasteiger partial charge in [0.05, 0.1) is 16.0 Å². The molecular weight excluding hydrogens is 648 g/mol. The molecule has 2 N–H and O–H groups in total. The van der Waals surface area contributed by atoms with Crippen LogP contribution in [0.4, 0.5) is 0 Å². The van der Waals surface area contributed by atoms with Gasteiger partial charge in [-0.05, 0) is 68.6 Å². The van der Waals surface area contributed by atoms with Crippen LogP contribution >= 0.6 is 15.9 Å². The number of halogens is 1. The number of amides is 5. The maximum Gasteiger partial charge on any atom is 0.261 e. The second-order valence-electron chi connectivity index (χ2n) is 12.1. The zero-order valence-electron chi connectivity index (χ0n) is 26.1. The average Bonchev–Trinajstić information content (AvgIpc) is 3.21. The van der Waals surface area contributed by atoms with E-state index < -0.39 is 16.9 Å². The van der Waals surface area contributed by atoms with Gasteiger partial charge in [0.1, 0.15) is 12.1 Å². The highest BCUT2D eigenvalue weighted by molar-refractivity contribution is 9.10. The second-order valence-corrected chi connectivity index (χ2v) is 13.2. The van der Waals surface area contributed by atoms with Crippen molar-refractivity contribution in [1.29, 1.82) is 0 Å². The summed E-state index contributed by atoms with van der Waals surface area (Å²) in [6.45, 7) is 2.96. The van der Waals surface area contributed by atoms with E-state index in [-0.39, 0.29) is 47.9 Å². The lowest BCUT2D eigenvalue weighted by molar-refractivity contribution is -0.143. The molecule has 0 spiro atoms. The Morgan fingerprint density at radius 1 is 0.935 bits per heavy atom. The monoisotopic (exact) mass is 688 g/mol. The molecule has 2 aromatic rings. The van der Waals surface area contributed by atoms with E-state index in [9.17, 15) is 24.0 Å². The number of likely N-dealkylation sites (N-methyl/N-ethyl adjacent to an activating group) is 1. The van der Waals surface area contributed by atoms with Crippen LogP contribution in [0.5, 0.6) is 0 Å². The predicted molar refractivity (Wildman–Crippen MR) is 179 cm³/mol. The van der Waals surface area contributed by atoms with Gasteiger partial charge in [0.2, 0.25) is 17.7 Å². The van der Waals surface area contributed by atoms with E-state index >= 15 is 0 Å². The molecule has 5 atom stereocenters. The maximum absolute atomic E-state index is 14.2. The number of nitrogens with one attached hydrogen (secondary N) is 2. The van der Waals surface area contributed by atoms with Crippen molar-refractivity contribution < 1.29 is 24.0 Å². The van der Waals surface area contributed by atoms with Crippen molar-refractivity contribution in [2.75, 3.05) is 19.6 Å². The Morgan fingerprint density at radius 2 is 1.63 bits per heavy atom. The number of unbranched alkanes of at least 4 members (excludes halogenated alkanes) is 1. The first-order valence-corrected chi connectivity index (χ1v) is 17.1. The number of imide groups is 1. The lowest BCUT2D eigenvalue weighted by Gasteiger charge is -2.32. The smallest absolute Gasteiger partial charge is 0.261 e. The number of fused-ring (bicyclic) bond motifs is 1. The molecule has 1 fully saturated rings. The number of alkyl halides is 1.